The summed E-state index contributed by atoms with van der Waals surface area (Å²) in [7, 11) is 0. The molecule has 0 aromatic heterocycles. The third-order valence-corrected chi connectivity index (χ3v) is 3.26. The van der Waals surface area contributed by atoms with Crippen molar-refractivity contribution in [3.63, 3.8) is 0 Å². The Hall–Kier alpha value is -0.590. The molecular weight excluding hydrogens is 188 g/mol. The van der Waals surface area contributed by atoms with Gasteiger partial charge in [0.25, 0.3) is 0 Å². The van der Waals surface area contributed by atoms with Gasteiger partial charge in [-0.3, -0.25) is 4.90 Å². The van der Waals surface area contributed by atoms with Crippen molar-refractivity contribution < 1.29 is 5.11 Å². The lowest BCUT2D eigenvalue weighted by molar-refractivity contribution is 0.102. The third-order valence-electron chi connectivity index (χ3n) is 3.26. The number of nitrogens with zero attached hydrogens (tertiary/aromatic N) is 2. The molecule has 2 atom stereocenters. The zero-order chi connectivity index (χ0) is 11.1. The molecule has 0 aromatic carbocycles. The van der Waals surface area contributed by atoms with Crippen LogP contribution in [0.1, 0.15) is 39.0 Å². The van der Waals surface area contributed by atoms with E-state index in [-0.39, 0.29) is 12.5 Å². The monoisotopic (exact) mass is 210 g/mol. The van der Waals surface area contributed by atoms with Crippen LogP contribution in [0, 0.1) is 17.2 Å². The van der Waals surface area contributed by atoms with Crippen LogP contribution >= 0.6 is 0 Å². The van der Waals surface area contributed by atoms with Crippen LogP contribution in [0.4, 0.5) is 0 Å². The van der Waals surface area contributed by atoms with E-state index in [1.807, 2.05) is 0 Å². The van der Waals surface area contributed by atoms with E-state index in [2.05, 4.69) is 17.9 Å². The highest BCUT2D eigenvalue weighted by molar-refractivity contribution is 4.95. The predicted octanol–water partition coefficient (Wildman–Crippen LogP) is 1.77. The van der Waals surface area contributed by atoms with Gasteiger partial charge in [-0.15, -0.1) is 0 Å². The van der Waals surface area contributed by atoms with E-state index in [1.165, 1.54) is 12.8 Å². The van der Waals surface area contributed by atoms with Gasteiger partial charge >= 0.3 is 0 Å². The summed E-state index contributed by atoms with van der Waals surface area (Å²) in [5, 5.41) is 18.1. The average Bonchev–Trinajstić information content (AvgIpc) is 2.29. The third kappa shape index (κ3) is 3.48. The zero-order valence-corrected chi connectivity index (χ0v) is 9.65. The van der Waals surface area contributed by atoms with Crippen LogP contribution in [0.15, 0.2) is 0 Å². The first-order chi connectivity index (χ1) is 7.33. The van der Waals surface area contributed by atoms with E-state index in [4.69, 9.17) is 10.4 Å². The summed E-state index contributed by atoms with van der Waals surface area (Å²) in [6, 6.07) is 2.81. The molecule has 3 heteroatoms. The molecule has 1 aliphatic rings. The Labute approximate surface area is 92.7 Å². The molecular formula is C12H22N2O. The molecule has 0 bridgehead atoms. The number of hydrogen-bond donors (Lipinski definition) is 1. The van der Waals surface area contributed by atoms with Crippen LogP contribution in [0.25, 0.3) is 0 Å². The molecule has 0 saturated heterocycles. The number of rotatable bonds is 5. The topological polar surface area (TPSA) is 47.3 Å². The molecule has 0 heterocycles. The average molecular weight is 210 g/mol. The summed E-state index contributed by atoms with van der Waals surface area (Å²) < 4.78 is 0. The first-order valence-corrected chi connectivity index (χ1v) is 6.08. The smallest absolute Gasteiger partial charge is 0.0672 e. The normalized spacial score (nSPS) is 26.5. The zero-order valence-electron chi connectivity index (χ0n) is 9.65. The van der Waals surface area contributed by atoms with Crippen molar-refractivity contribution >= 4 is 0 Å². The number of hydrogen-bond acceptors (Lipinski definition) is 3. The fourth-order valence-corrected chi connectivity index (χ4v) is 2.56. The Kier molecular flexibility index (Phi) is 5.67. The maximum Gasteiger partial charge on any atom is 0.0672 e. The second-order valence-electron chi connectivity index (χ2n) is 4.35. The number of aliphatic hydroxyl groups is 1. The highest BCUT2D eigenvalue weighted by Gasteiger charge is 2.29. The van der Waals surface area contributed by atoms with E-state index < -0.39 is 0 Å². The van der Waals surface area contributed by atoms with Gasteiger partial charge in [0.05, 0.1) is 18.6 Å². The lowest BCUT2D eigenvalue weighted by Crippen LogP contribution is -2.43. The second kappa shape index (κ2) is 6.81. The Bertz CT molecular complexity index is 206. The fraction of sp³-hybridized carbons (Fsp3) is 0.917. The Morgan fingerprint density at radius 1 is 1.33 bits per heavy atom. The standard InChI is InChI=1S/C12H22N2O/c1-2-7-14(8-9-15)12-6-4-3-5-11(12)10-13/h11-12,15H,2-9H2,1H3. The van der Waals surface area contributed by atoms with Crippen LogP contribution in [-0.4, -0.2) is 35.7 Å². The van der Waals surface area contributed by atoms with Gasteiger partial charge in [-0.05, 0) is 25.8 Å². The van der Waals surface area contributed by atoms with E-state index in [1.54, 1.807) is 0 Å². The Morgan fingerprint density at radius 2 is 2.07 bits per heavy atom. The summed E-state index contributed by atoms with van der Waals surface area (Å²) in [5.41, 5.74) is 0. The molecule has 15 heavy (non-hydrogen) atoms. The van der Waals surface area contributed by atoms with Gasteiger partial charge in [0, 0.05) is 12.6 Å². The Balaban J connectivity index is 2.58. The first kappa shape index (κ1) is 12.5. The van der Waals surface area contributed by atoms with E-state index in [0.29, 0.717) is 6.04 Å². The molecule has 86 valence electrons. The highest BCUT2D eigenvalue weighted by atomic mass is 16.3. The maximum absolute atomic E-state index is 9.11. The summed E-state index contributed by atoms with van der Waals surface area (Å²) in [4.78, 5) is 2.30. The van der Waals surface area contributed by atoms with Crippen molar-refractivity contribution in [2.75, 3.05) is 19.7 Å². The molecule has 3 nitrogen and oxygen atoms in total. The SMILES string of the molecule is CCCN(CCO)C1CCCCC1C#N. The molecule has 1 N–H and O–H groups in total. The largest absolute Gasteiger partial charge is 0.395 e. The minimum atomic E-state index is 0.178. The van der Waals surface area contributed by atoms with Crippen molar-refractivity contribution in [1.29, 1.82) is 5.26 Å². The molecule has 0 aromatic rings. The van der Waals surface area contributed by atoms with Crippen LogP contribution in [-0.2, 0) is 0 Å². The molecule has 0 aliphatic heterocycles. The summed E-state index contributed by atoms with van der Waals surface area (Å²) in [5.74, 6) is 0.178. The van der Waals surface area contributed by atoms with Gasteiger partial charge in [0.2, 0.25) is 0 Å². The molecule has 1 saturated carbocycles. The van der Waals surface area contributed by atoms with Crippen molar-refractivity contribution in [3.05, 3.63) is 0 Å². The van der Waals surface area contributed by atoms with Crippen LogP contribution in [0.3, 0.4) is 0 Å². The summed E-state index contributed by atoms with van der Waals surface area (Å²) in [6.45, 7) is 4.07. The second-order valence-corrected chi connectivity index (χ2v) is 4.35. The minimum absolute atomic E-state index is 0.178. The summed E-state index contributed by atoms with van der Waals surface area (Å²) >= 11 is 0. The molecule has 0 radical (unpaired) electrons. The summed E-state index contributed by atoms with van der Waals surface area (Å²) in [6.07, 6.45) is 5.67. The molecule has 0 spiro atoms. The van der Waals surface area contributed by atoms with Gasteiger partial charge in [-0.1, -0.05) is 19.8 Å². The van der Waals surface area contributed by atoms with E-state index >= 15 is 0 Å². The lowest BCUT2D eigenvalue weighted by Gasteiger charge is -2.36. The predicted molar refractivity (Wildman–Crippen MR) is 60.3 cm³/mol. The first-order valence-electron chi connectivity index (χ1n) is 6.08. The highest BCUT2D eigenvalue weighted by Crippen LogP contribution is 2.27. The van der Waals surface area contributed by atoms with Gasteiger partial charge in [-0.25, -0.2) is 0 Å². The Morgan fingerprint density at radius 3 is 2.67 bits per heavy atom. The van der Waals surface area contributed by atoms with Crippen molar-refractivity contribution in [2.45, 2.75) is 45.1 Å². The minimum Gasteiger partial charge on any atom is -0.395 e. The lowest BCUT2D eigenvalue weighted by atomic mass is 9.84. The van der Waals surface area contributed by atoms with E-state index in [0.717, 1.165) is 32.4 Å². The maximum atomic E-state index is 9.11. The van der Waals surface area contributed by atoms with Crippen LogP contribution in [0.2, 0.25) is 0 Å². The van der Waals surface area contributed by atoms with Crippen molar-refractivity contribution in [3.8, 4) is 6.07 Å². The molecule has 2 unspecified atom stereocenters. The number of nitriles is 1. The molecule has 1 fully saturated rings. The quantitative estimate of drug-likeness (QED) is 0.752. The van der Waals surface area contributed by atoms with Gasteiger partial charge in [0.1, 0.15) is 0 Å². The van der Waals surface area contributed by atoms with Crippen molar-refractivity contribution in [1.82, 2.24) is 4.90 Å². The van der Waals surface area contributed by atoms with Crippen LogP contribution in [0.5, 0.6) is 0 Å². The molecule has 0 amide bonds. The fourth-order valence-electron chi connectivity index (χ4n) is 2.56. The number of aliphatic hydroxyl groups excluding tert-OH is 1. The van der Waals surface area contributed by atoms with E-state index in [9.17, 15) is 0 Å². The van der Waals surface area contributed by atoms with Crippen LogP contribution < -0.4 is 0 Å². The molecule has 1 rings (SSSR count). The molecule has 1 aliphatic carbocycles. The van der Waals surface area contributed by atoms with Gasteiger partial charge in [-0.2, -0.15) is 5.26 Å². The van der Waals surface area contributed by atoms with Gasteiger partial charge < -0.3 is 5.11 Å². The van der Waals surface area contributed by atoms with Gasteiger partial charge in [0.15, 0.2) is 0 Å². The van der Waals surface area contributed by atoms with Crippen molar-refractivity contribution in [2.24, 2.45) is 5.92 Å².